The lowest BCUT2D eigenvalue weighted by Gasteiger charge is -2.42. The average molecular weight is 870 g/mol. The van der Waals surface area contributed by atoms with Crippen LogP contribution in [0.4, 0.5) is 0 Å². The first-order valence-corrected chi connectivity index (χ1v) is 23.3. The standard InChI is InChI=1S/C50H79NO11/c1-32(18-22-40-23-20-38(7)50(59,62-40)47(55)48(56)51-26-14-13-17-41(51)49(57)58)15-11-10-12-16-33(2)27-37(6)46(54)45(61-9)30-35(4)28-36(5)42(52)24-19-34(3)29-39-21-25-43(53)44(31-39)60-8/h10-12,15-16,28,33-34,36-41,43-45,53,59H,13-14,17-27,29-31H2,1-9H3,(H,57,58)/b11-10+,16-12+,32-15+,35-28+/t33-,34+,36-,37-,38-,39?,40-,41+,43-,44-,45-,50-/m1/s1. The molecule has 1 aliphatic carbocycles. The number of aliphatic hydroxyl groups is 2. The molecule has 12 heteroatoms. The van der Waals surface area contributed by atoms with E-state index in [1.165, 1.54) is 0 Å². The summed E-state index contributed by atoms with van der Waals surface area (Å²) >= 11 is 0. The number of aliphatic carboxylic acids is 1. The van der Waals surface area contributed by atoms with Crippen molar-refractivity contribution in [2.24, 2.45) is 35.5 Å². The molecule has 1 unspecified atom stereocenters. The van der Waals surface area contributed by atoms with Gasteiger partial charge in [0.25, 0.3) is 11.7 Å². The fraction of sp³-hybridized carbons (Fsp3) is 0.740. The van der Waals surface area contributed by atoms with E-state index < -0.39 is 47.6 Å². The van der Waals surface area contributed by atoms with Gasteiger partial charge in [0.2, 0.25) is 5.79 Å². The highest BCUT2D eigenvalue weighted by molar-refractivity contribution is 6.39. The SMILES string of the molecule is CO[C@H](C/C(C)=C/[C@@H](C)C(=O)CC[C@H](C)CC1CC[C@@H](O)[C@H](OC)C1)C(=O)[C@H](C)C[C@H](C)/C=C/C=C/C=C(\C)CC[C@@H]1CC[C@@H](C)[C@](O)(C(=O)C(=O)N2CCCC[C@H]2C(=O)O)O1. The molecular formula is C50H79NO11. The summed E-state index contributed by atoms with van der Waals surface area (Å²) in [5.74, 6) is -5.27. The molecule has 2 aliphatic heterocycles. The van der Waals surface area contributed by atoms with Crippen LogP contribution in [0.2, 0.25) is 0 Å². The van der Waals surface area contributed by atoms with E-state index >= 15 is 0 Å². The number of ether oxygens (including phenoxy) is 3. The lowest BCUT2D eigenvalue weighted by Crippen LogP contribution is -2.60. The van der Waals surface area contributed by atoms with Crippen molar-refractivity contribution in [3.05, 3.63) is 47.6 Å². The number of methoxy groups -OCH3 is 2. The van der Waals surface area contributed by atoms with Crippen molar-refractivity contribution >= 4 is 29.2 Å². The first-order valence-electron chi connectivity index (χ1n) is 23.3. The van der Waals surface area contributed by atoms with Gasteiger partial charge in [0, 0.05) is 51.4 Å². The minimum atomic E-state index is -2.29. The Morgan fingerprint density at radius 2 is 1.65 bits per heavy atom. The maximum absolute atomic E-state index is 13.4. The first kappa shape index (κ1) is 53.1. The molecule has 1 saturated carbocycles. The van der Waals surface area contributed by atoms with Gasteiger partial charge in [-0.05, 0) is 115 Å². The van der Waals surface area contributed by atoms with Crippen molar-refractivity contribution in [3.63, 3.8) is 0 Å². The van der Waals surface area contributed by atoms with Crippen molar-refractivity contribution in [2.75, 3.05) is 20.8 Å². The smallest absolute Gasteiger partial charge is 0.326 e. The molecule has 0 aromatic heterocycles. The number of ketones is 3. The third kappa shape index (κ3) is 16.1. The molecule has 2 saturated heterocycles. The maximum Gasteiger partial charge on any atom is 0.326 e. The number of likely N-dealkylation sites (tertiary alicyclic amines) is 1. The number of rotatable bonds is 24. The Labute approximate surface area is 371 Å². The molecule has 0 radical (unpaired) electrons. The van der Waals surface area contributed by atoms with E-state index in [1.54, 1.807) is 21.1 Å². The van der Waals surface area contributed by atoms with Crippen molar-refractivity contribution in [2.45, 2.75) is 181 Å². The first-order chi connectivity index (χ1) is 29.3. The zero-order valence-electron chi connectivity index (χ0n) is 39.2. The second-order valence-corrected chi connectivity index (χ2v) is 19.0. The molecule has 12 nitrogen and oxygen atoms in total. The zero-order chi connectivity index (χ0) is 46.1. The number of nitrogens with zero attached hydrogens (tertiary/aromatic N) is 1. The maximum atomic E-state index is 13.4. The van der Waals surface area contributed by atoms with Gasteiger partial charge in [-0.2, -0.15) is 0 Å². The second-order valence-electron chi connectivity index (χ2n) is 19.0. The summed E-state index contributed by atoms with van der Waals surface area (Å²) in [6, 6.07) is -1.08. The van der Waals surface area contributed by atoms with Gasteiger partial charge in [0.05, 0.1) is 18.3 Å². The predicted molar refractivity (Wildman–Crippen MR) is 240 cm³/mol. The summed E-state index contributed by atoms with van der Waals surface area (Å²) in [6.07, 6.45) is 20.4. The van der Waals surface area contributed by atoms with Gasteiger partial charge in [-0.3, -0.25) is 19.2 Å². The molecule has 2 heterocycles. The number of carboxylic acid groups (broad SMARTS) is 1. The van der Waals surface area contributed by atoms with Gasteiger partial charge in [0.15, 0.2) is 5.78 Å². The fourth-order valence-electron chi connectivity index (χ4n) is 9.48. The molecule has 0 aromatic rings. The minimum absolute atomic E-state index is 0.0491. The summed E-state index contributed by atoms with van der Waals surface area (Å²) < 4.78 is 17.0. The summed E-state index contributed by atoms with van der Waals surface area (Å²) in [4.78, 5) is 65.8. The average Bonchev–Trinajstić information content (AvgIpc) is 3.24. The number of carbonyl (C=O) groups is 5. The van der Waals surface area contributed by atoms with Gasteiger partial charge >= 0.3 is 5.97 Å². The summed E-state index contributed by atoms with van der Waals surface area (Å²) in [5, 5.41) is 31.0. The largest absolute Gasteiger partial charge is 0.480 e. The van der Waals surface area contributed by atoms with Crippen molar-refractivity contribution in [1.82, 2.24) is 4.90 Å². The molecule has 3 rings (SSSR count). The van der Waals surface area contributed by atoms with Crippen LogP contribution in [-0.2, 0) is 38.2 Å². The van der Waals surface area contributed by atoms with Gasteiger partial charge in [-0.15, -0.1) is 0 Å². The topological polar surface area (TPSA) is 177 Å². The van der Waals surface area contributed by atoms with Crippen LogP contribution in [0, 0.1) is 35.5 Å². The van der Waals surface area contributed by atoms with Gasteiger partial charge in [0.1, 0.15) is 17.9 Å². The second kappa shape index (κ2) is 25.9. The number of aliphatic hydroxyl groups excluding tert-OH is 1. The lowest BCUT2D eigenvalue weighted by molar-refractivity contribution is -0.263. The van der Waals surface area contributed by atoms with Crippen LogP contribution < -0.4 is 0 Å². The highest BCUT2D eigenvalue weighted by Crippen LogP contribution is 2.36. The quantitative estimate of drug-likeness (QED) is 0.0485. The number of carboxylic acids is 1. The molecule has 12 atom stereocenters. The highest BCUT2D eigenvalue weighted by Gasteiger charge is 2.52. The number of hydrogen-bond donors (Lipinski definition) is 3. The number of Topliss-reactive ketones (excluding diaryl/α,β-unsaturated/α-hetero) is 3. The van der Waals surface area contributed by atoms with Crippen molar-refractivity contribution in [3.8, 4) is 0 Å². The number of carbonyl (C=O) groups excluding carboxylic acids is 4. The molecule has 0 bridgehead atoms. The van der Waals surface area contributed by atoms with Crippen LogP contribution in [0.25, 0.3) is 0 Å². The monoisotopic (exact) mass is 870 g/mol. The van der Waals surface area contributed by atoms with E-state index in [1.807, 2.05) is 58.1 Å². The van der Waals surface area contributed by atoms with Crippen LogP contribution in [-0.4, -0.2) is 106 Å². The van der Waals surface area contributed by atoms with E-state index in [-0.39, 0.29) is 54.5 Å². The number of allylic oxidation sites excluding steroid dienone is 7. The Kier molecular flexibility index (Phi) is 22.1. The molecule has 3 aliphatic rings. The van der Waals surface area contributed by atoms with E-state index in [0.29, 0.717) is 69.6 Å². The summed E-state index contributed by atoms with van der Waals surface area (Å²) in [7, 11) is 3.22. The van der Waals surface area contributed by atoms with Crippen LogP contribution in [0.1, 0.15) is 145 Å². The van der Waals surface area contributed by atoms with Crippen molar-refractivity contribution < 1.29 is 53.5 Å². The van der Waals surface area contributed by atoms with E-state index in [9.17, 15) is 39.3 Å². The highest BCUT2D eigenvalue weighted by atomic mass is 16.6. The minimum Gasteiger partial charge on any atom is -0.480 e. The molecule has 1 amide bonds. The number of hydrogen-bond acceptors (Lipinski definition) is 10. The zero-order valence-corrected chi connectivity index (χ0v) is 39.2. The lowest BCUT2D eigenvalue weighted by atomic mass is 9.79. The predicted octanol–water partition coefficient (Wildman–Crippen LogP) is 8.13. The van der Waals surface area contributed by atoms with E-state index in [4.69, 9.17) is 14.2 Å². The van der Waals surface area contributed by atoms with Gasteiger partial charge in [-0.25, -0.2) is 4.79 Å². The van der Waals surface area contributed by atoms with Crippen LogP contribution in [0.5, 0.6) is 0 Å². The Bertz CT molecular complexity index is 1620. The fourth-order valence-corrected chi connectivity index (χ4v) is 9.48. The normalized spacial score (nSPS) is 29.0. The van der Waals surface area contributed by atoms with Crippen molar-refractivity contribution in [1.29, 1.82) is 0 Å². The third-order valence-corrected chi connectivity index (χ3v) is 13.6. The van der Waals surface area contributed by atoms with Crippen LogP contribution in [0.15, 0.2) is 47.6 Å². The summed E-state index contributed by atoms with van der Waals surface area (Å²) in [5.41, 5.74) is 2.04. The van der Waals surface area contributed by atoms with Gasteiger partial charge < -0.3 is 34.4 Å². The molecule has 350 valence electrons. The molecule has 62 heavy (non-hydrogen) atoms. The summed E-state index contributed by atoms with van der Waals surface area (Å²) in [6.45, 7) is 13.9. The molecule has 3 fully saturated rings. The van der Waals surface area contributed by atoms with Crippen LogP contribution in [0.3, 0.4) is 0 Å². The molecular weight excluding hydrogens is 791 g/mol. The van der Waals surface area contributed by atoms with E-state index in [0.717, 1.165) is 48.2 Å². The van der Waals surface area contributed by atoms with E-state index in [2.05, 4.69) is 19.9 Å². The Balaban J connectivity index is 1.41. The molecule has 0 aromatic carbocycles. The number of piperidine rings is 1. The molecule has 0 spiro atoms. The Morgan fingerprint density at radius 1 is 0.919 bits per heavy atom. The molecule has 3 N–H and O–H groups in total. The Morgan fingerprint density at radius 3 is 2.32 bits per heavy atom. The third-order valence-electron chi connectivity index (χ3n) is 13.6. The van der Waals surface area contributed by atoms with Crippen LogP contribution >= 0.6 is 0 Å². The Hall–Kier alpha value is -3.29. The van der Waals surface area contributed by atoms with Gasteiger partial charge in [-0.1, -0.05) is 82.2 Å². The number of amides is 1.